The zero-order valence-corrected chi connectivity index (χ0v) is 16.4. The molecule has 1 aliphatic heterocycles. The van der Waals surface area contributed by atoms with Gasteiger partial charge in [-0.2, -0.15) is 0 Å². The van der Waals surface area contributed by atoms with Crippen LogP contribution in [0.3, 0.4) is 0 Å². The smallest absolute Gasteiger partial charge is 0.410 e. The molecule has 0 unspecified atom stereocenters. The molecule has 28 heavy (non-hydrogen) atoms. The number of rotatable bonds is 6. The predicted octanol–water partition coefficient (Wildman–Crippen LogP) is 3.68. The summed E-state index contributed by atoms with van der Waals surface area (Å²) in [5, 5.41) is 5.48. The van der Waals surface area contributed by atoms with Crippen LogP contribution in [0.4, 0.5) is 4.79 Å². The minimum atomic E-state index is -0.259. The zero-order chi connectivity index (χ0) is 19.2. The fourth-order valence-corrected chi connectivity index (χ4v) is 4.09. The van der Waals surface area contributed by atoms with Gasteiger partial charge in [-0.15, -0.1) is 11.3 Å². The molecule has 2 aromatic heterocycles. The third kappa shape index (κ3) is 4.61. The van der Waals surface area contributed by atoms with Gasteiger partial charge in [0, 0.05) is 31.9 Å². The summed E-state index contributed by atoms with van der Waals surface area (Å²) >= 11 is 1.64. The number of thiophene rings is 1. The highest BCUT2D eigenvalue weighted by atomic mass is 32.1. The van der Waals surface area contributed by atoms with E-state index in [9.17, 15) is 4.79 Å². The SMILES string of the molecule is O=C(OCc1ccccc1)N1CCN[C@H](CCOc2ccnc3ccsc23)C1. The van der Waals surface area contributed by atoms with Crippen LogP contribution < -0.4 is 10.1 Å². The van der Waals surface area contributed by atoms with Gasteiger partial charge in [-0.05, 0) is 29.5 Å². The van der Waals surface area contributed by atoms with Crippen LogP contribution in [0.25, 0.3) is 10.2 Å². The molecular weight excluding hydrogens is 374 g/mol. The van der Waals surface area contributed by atoms with Gasteiger partial charge in [-0.3, -0.25) is 4.98 Å². The molecular formula is C21H23N3O3S. The number of nitrogens with one attached hydrogen (secondary N) is 1. The molecule has 1 N–H and O–H groups in total. The molecule has 1 aliphatic rings. The number of carbonyl (C=O) groups excluding carboxylic acids is 1. The van der Waals surface area contributed by atoms with Gasteiger partial charge in [-0.25, -0.2) is 4.79 Å². The molecule has 0 radical (unpaired) electrons. The van der Waals surface area contributed by atoms with Gasteiger partial charge in [0.2, 0.25) is 0 Å². The van der Waals surface area contributed by atoms with Crippen molar-refractivity contribution in [3.05, 3.63) is 59.6 Å². The average Bonchev–Trinajstić information content (AvgIpc) is 3.23. The fraction of sp³-hybridized carbons (Fsp3) is 0.333. The van der Waals surface area contributed by atoms with E-state index in [1.165, 1.54) is 0 Å². The van der Waals surface area contributed by atoms with Crippen LogP contribution >= 0.6 is 11.3 Å². The molecule has 0 saturated carbocycles. The highest BCUT2D eigenvalue weighted by Gasteiger charge is 2.24. The number of nitrogens with zero attached hydrogens (tertiary/aromatic N) is 2. The van der Waals surface area contributed by atoms with Gasteiger partial charge in [0.05, 0.1) is 16.8 Å². The van der Waals surface area contributed by atoms with E-state index in [4.69, 9.17) is 9.47 Å². The molecule has 0 spiro atoms. The van der Waals surface area contributed by atoms with Crippen LogP contribution in [0.1, 0.15) is 12.0 Å². The highest BCUT2D eigenvalue weighted by Crippen LogP contribution is 2.28. The molecule has 1 atom stereocenters. The maximum atomic E-state index is 12.4. The van der Waals surface area contributed by atoms with Crippen LogP contribution in [-0.2, 0) is 11.3 Å². The van der Waals surface area contributed by atoms with Crippen LogP contribution in [0, 0.1) is 0 Å². The molecule has 1 amide bonds. The van der Waals surface area contributed by atoms with Crippen molar-refractivity contribution >= 4 is 27.6 Å². The molecule has 4 rings (SSSR count). The van der Waals surface area contributed by atoms with E-state index in [1.807, 2.05) is 47.8 Å². The third-order valence-electron chi connectivity index (χ3n) is 4.75. The van der Waals surface area contributed by atoms with E-state index in [0.717, 1.165) is 34.5 Å². The van der Waals surface area contributed by atoms with Crippen LogP contribution in [0.2, 0.25) is 0 Å². The van der Waals surface area contributed by atoms with Gasteiger partial charge in [0.25, 0.3) is 0 Å². The zero-order valence-electron chi connectivity index (χ0n) is 15.5. The Bertz CT molecular complexity index is 915. The molecule has 7 heteroatoms. The second-order valence-electron chi connectivity index (χ2n) is 6.72. The molecule has 3 heterocycles. The maximum absolute atomic E-state index is 12.4. The van der Waals surface area contributed by atoms with Crippen molar-refractivity contribution in [2.75, 3.05) is 26.2 Å². The largest absolute Gasteiger partial charge is 0.492 e. The number of hydrogen-bond acceptors (Lipinski definition) is 6. The monoisotopic (exact) mass is 397 g/mol. The van der Waals surface area contributed by atoms with Crippen molar-refractivity contribution in [3.63, 3.8) is 0 Å². The minimum Gasteiger partial charge on any atom is -0.492 e. The predicted molar refractivity (Wildman–Crippen MR) is 110 cm³/mol. The van der Waals surface area contributed by atoms with Gasteiger partial charge in [-0.1, -0.05) is 30.3 Å². The lowest BCUT2D eigenvalue weighted by Gasteiger charge is -2.33. The number of aromatic nitrogens is 1. The van der Waals surface area contributed by atoms with Crippen molar-refractivity contribution in [2.24, 2.45) is 0 Å². The van der Waals surface area contributed by atoms with Gasteiger partial charge in [0.15, 0.2) is 0 Å². The number of fused-ring (bicyclic) bond motifs is 1. The summed E-state index contributed by atoms with van der Waals surface area (Å²) in [4.78, 5) is 18.5. The summed E-state index contributed by atoms with van der Waals surface area (Å²) in [6.45, 7) is 2.93. The van der Waals surface area contributed by atoms with Crippen LogP contribution in [0.15, 0.2) is 54.0 Å². The van der Waals surface area contributed by atoms with Gasteiger partial charge >= 0.3 is 6.09 Å². The third-order valence-corrected chi connectivity index (χ3v) is 5.67. The molecule has 3 aromatic rings. The van der Waals surface area contributed by atoms with Crippen LogP contribution in [-0.4, -0.2) is 48.3 Å². The first-order chi connectivity index (χ1) is 13.8. The number of piperazine rings is 1. The Morgan fingerprint density at radius 1 is 1.25 bits per heavy atom. The lowest BCUT2D eigenvalue weighted by atomic mass is 10.1. The highest BCUT2D eigenvalue weighted by molar-refractivity contribution is 7.17. The first-order valence-corrected chi connectivity index (χ1v) is 10.3. The molecule has 1 aromatic carbocycles. The summed E-state index contributed by atoms with van der Waals surface area (Å²) in [5.74, 6) is 0.870. The Kier molecular flexibility index (Phi) is 6.04. The Balaban J connectivity index is 1.24. The van der Waals surface area contributed by atoms with E-state index in [2.05, 4.69) is 10.3 Å². The standard InChI is InChI=1S/C21H23N3O3S/c25-21(27-15-16-4-2-1-3-5-16)24-11-10-22-17(14-24)7-12-26-19-6-9-23-18-8-13-28-20(18)19/h1-6,8-9,13,17,22H,7,10-12,14-15H2/t17-/m1/s1. The van der Waals surface area contributed by atoms with Crippen LogP contribution in [0.5, 0.6) is 5.75 Å². The van der Waals surface area contributed by atoms with E-state index in [0.29, 0.717) is 26.3 Å². The number of amides is 1. The molecule has 146 valence electrons. The van der Waals surface area contributed by atoms with E-state index in [-0.39, 0.29) is 12.1 Å². The van der Waals surface area contributed by atoms with Crippen molar-refractivity contribution in [2.45, 2.75) is 19.1 Å². The normalized spacial score (nSPS) is 16.9. The summed E-state index contributed by atoms with van der Waals surface area (Å²) in [5.41, 5.74) is 1.96. The Morgan fingerprint density at radius 2 is 2.14 bits per heavy atom. The van der Waals surface area contributed by atoms with E-state index < -0.39 is 0 Å². The fourth-order valence-electron chi connectivity index (χ4n) is 3.27. The van der Waals surface area contributed by atoms with Crippen molar-refractivity contribution < 1.29 is 14.3 Å². The number of hydrogen-bond donors (Lipinski definition) is 1. The van der Waals surface area contributed by atoms with E-state index in [1.54, 1.807) is 22.4 Å². The molecule has 0 aliphatic carbocycles. The number of pyridine rings is 1. The van der Waals surface area contributed by atoms with Crippen molar-refractivity contribution in [1.29, 1.82) is 0 Å². The van der Waals surface area contributed by atoms with Gasteiger partial charge in [0.1, 0.15) is 12.4 Å². The summed E-state index contributed by atoms with van der Waals surface area (Å²) < 4.78 is 12.5. The maximum Gasteiger partial charge on any atom is 0.410 e. The molecule has 1 saturated heterocycles. The first kappa shape index (κ1) is 18.7. The first-order valence-electron chi connectivity index (χ1n) is 9.43. The molecule has 1 fully saturated rings. The number of carbonyl (C=O) groups is 1. The molecule has 6 nitrogen and oxygen atoms in total. The second-order valence-corrected chi connectivity index (χ2v) is 7.63. The van der Waals surface area contributed by atoms with Crippen molar-refractivity contribution in [1.82, 2.24) is 15.2 Å². The Hall–Kier alpha value is -2.64. The van der Waals surface area contributed by atoms with Gasteiger partial charge < -0.3 is 19.7 Å². The Morgan fingerprint density at radius 3 is 3.04 bits per heavy atom. The number of ether oxygens (including phenoxy) is 2. The quantitative estimate of drug-likeness (QED) is 0.688. The average molecular weight is 398 g/mol. The van der Waals surface area contributed by atoms with E-state index >= 15 is 0 Å². The minimum absolute atomic E-state index is 0.193. The summed E-state index contributed by atoms with van der Waals surface area (Å²) in [7, 11) is 0. The summed E-state index contributed by atoms with van der Waals surface area (Å²) in [6.07, 6.45) is 2.33. The number of benzene rings is 1. The lowest BCUT2D eigenvalue weighted by molar-refractivity contribution is 0.0827. The second kappa shape index (κ2) is 9.03. The molecule has 0 bridgehead atoms. The van der Waals surface area contributed by atoms with Crippen molar-refractivity contribution in [3.8, 4) is 5.75 Å². The lowest BCUT2D eigenvalue weighted by Crippen LogP contribution is -2.53. The summed E-state index contributed by atoms with van der Waals surface area (Å²) in [6, 6.07) is 13.8. The topological polar surface area (TPSA) is 63.7 Å². The Labute approximate surface area is 168 Å².